The highest BCUT2D eigenvalue weighted by atomic mass is 16.1. The number of carbonyl (C=O) groups excluding carboxylic acids is 1. The van der Waals surface area contributed by atoms with Crippen LogP contribution in [-0.4, -0.2) is 58.9 Å². The van der Waals surface area contributed by atoms with E-state index in [1.807, 2.05) is 41.9 Å². The van der Waals surface area contributed by atoms with E-state index in [9.17, 15) is 4.79 Å². The molecule has 6 nitrogen and oxygen atoms in total. The van der Waals surface area contributed by atoms with E-state index in [0.29, 0.717) is 24.4 Å². The number of nitrogens with one attached hydrogen (secondary N) is 2. The fourth-order valence-corrected chi connectivity index (χ4v) is 6.24. The lowest BCUT2D eigenvalue weighted by Crippen LogP contribution is -2.65. The number of carbonyl (C=O) groups is 1. The molecule has 2 aromatic rings. The Hall–Kier alpha value is -2.18. The molecule has 0 spiro atoms. The van der Waals surface area contributed by atoms with Crippen molar-refractivity contribution in [2.45, 2.75) is 58.0 Å². The van der Waals surface area contributed by atoms with Crippen LogP contribution in [0.15, 0.2) is 30.3 Å². The van der Waals surface area contributed by atoms with Crippen LogP contribution < -0.4 is 10.6 Å². The summed E-state index contributed by atoms with van der Waals surface area (Å²) in [6.07, 6.45) is 5.68. The lowest BCUT2D eigenvalue weighted by Gasteiger charge is -2.55. The number of para-hydroxylation sites is 1. The molecule has 0 aliphatic carbocycles. The van der Waals surface area contributed by atoms with Gasteiger partial charge in [0.05, 0.1) is 17.8 Å². The van der Waals surface area contributed by atoms with Gasteiger partial charge in [-0.05, 0) is 76.7 Å². The molecule has 31 heavy (non-hydrogen) atoms. The van der Waals surface area contributed by atoms with Gasteiger partial charge in [0, 0.05) is 29.9 Å². The van der Waals surface area contributed by atoms with Gasteiger partial charge >= 0.3 is 0 Å². The summed E-state index contributed by atoms with van der Waals surface area (Å²) in [7, 11) is 0. The summed E-state index contributed by atoms with van der Waals surface area (Å²) < 4.78 is 1.95. The molecule has 3 aliphatic rings. The van der Waals surface area contributed by atoms with Crippen molar-refractivity contribution in [2.24, 2.45) is 11.8 Å². The van der Waals surface area contributed by atoms with E-state index < -0.39 is 0 Å². The van der Waals surface area contributed by atoms with Crippen molar-refractivity contribution in [1.29, 1.82) is 0 Å². The van der Waals surface area contributed by atoms with Crippen molar-refractivity contribution in [3.05, 3.63) is 47.3 Å². The molecule has 3 saturated heterocycles. The summed E-state index contributed by atoms with van der Waals surface area (Å²) in [6.45, 7) is 8.27. The zero-order chi connectivity index (χ0) is 21.4. The molecule has 1 aromatic carbocycles. The second-order valence-corrected chi connectivity index (χ2v) is 9.66. The fourth-order valence-electron chi connectivity index (χ4n) is 6.24. The molecule has 166 valence electrons. The molecule has 1 aromatic heterocycles. The molecule has 0 radical (unpaired) electrons. The van der Waals surface area contributed by atoms with Gasteiger partial charge in [-0.1, -0.05) is 24.6 Å². The first-order valence-corrected chi connectivity index (χ1v) is 12.0. The zero-order valence-electron chi connectivity index (χ0n) is 18.8. The Balaban J connectivity index is 1.26. The van der Waals surface area contributed by atoms with Crippen LogP contribution in [-0.2, 0) is 11.2 Å². The van der Waals surface area contributed by atoms with Crippen molar-refractivity contribution < 1.29 is 4.79 Å². The summed E-state index contributed by atoms with van der Waals surface area (Å²) in [4.78, 5) is 15.7. The van der Waals surface area contributed by atoms with Crippen molar-refractivity contribution in [3.8, 4) is 5.69 Å². The molecule has 2 N–H and O–H groups in total. The molecule has 6 heteroatoms. The molecule has 3 aliphatic heterocycles. The van der Waals surface area contributed by atoms with Crippen LogP contribution in [0.25, 0.3) is 5.69 Å². The van der Waals surface area contributed by atoms with Gasteiger partial charge in [-0.3, -0.25) is 9.69 Å². The normalized spacial score (nSPS) is 28.2. The minimum Gasteiger partial charge on any atom is -0.354 e. The Bertz CT molecular complexity index is 923. The standard InChI is InChI=1S/C25H35N5O/c1-17-22(18(2)30(28-17)21-8-4-3-5-9-21)13-25(31)27-16-24-20-12-19(14-26-15-20)23-10-6-7-11-29(23)24/h3-5,8-9,19-20,23-24,26H,6-7,10-16H2,1-2H3,(H,27,31)/t19-,20+,23+,24+/m1/s1. The lowest BCUT2D eigenvalue weighted by molar-refractivity contribution is -0.121. The van der Waals surface area contributed by atoms with E-state index in [2.05, 4.69) is 22.5 Å². The molecule has 1 amide bonds. The third-order valence-corrected chi connectivity index (χ3v) is 7.81. The van der Waals surface area contributed by atoms with E-state index in [1.165, 1.54) is 38.8 Å². The molecule has 5 rings (SSSR count). The van der Waals surface area contributed by atoms with Gasteiger partial charge in [-0.15, -0.1) is 0 Å². The van der Waals surface area contributed by atoms with Gasteiger partial charge in [-0.2, -0.15) is 5.10 Å². The largest absolute Gasteiger partial charge is 0.354 e. The minimum absolute atomic E-state index is 0.110. The van der Waals surface area contributed by atoms with Crippen LogP contribution >= 0.6 is 0 Å². The first-order valence-electron chi connectivity index (χ1n) is 12.0. The maximum Gasteiger partial charge on any atom is 0.224 e. The molecular formula is C25H35N5O. The van der Waals surface area contributed by atoms with Gasteiger partial charge < -0.3 is 10.6 Å². The average molecular weight is 422 g/mol. The highest BCUT2D eigenvalue weighted by Gasteiger charge is 2.45. The molecule has 0 unspecified atom stereocenters. The molecule has 0 saturated carbocycles. The minimum atomic E-state index is 0.110. The predicted octanol–water partition coefficient (Wildman–Crippen LogP) is 2.61. The van der Waals surface area contributed by atoms with Crippen molar-refractivity contribution in [2.75, 3.05) is 26.2 Å². The van der Waals surface area contributed by atoms with Gasteiger partial charge in [-0.25, -0.2) is 4.68 Å². The van der Waals surface area contributed by atoms with E-state index in [4.69, 9.17) is 5.10 Å². The first-order chi connectivity index (χ1) is 15.1. The maximum absolute atomic E-state index is 13.0. The second-order valence-electron chi connectivity index (χ2n) is 9.66. The number of aryl methyl sites for hydroxylation is 1. The quantitative estimate of drug-likeness (QED) is 0.779. The van der Waals surface area contributed by atoms with Crippen LogP contribution in [0.3, 0.4) is 0 Å². The summed E-state index contributed by atoms with van der Waals surface area (Å²) in [6, 6.07) is 11.3. The summed E-state index contributed by atoms with van der Waals surface area (Å²) in [5, 5.41) is 11.7. The Labute approximate surface area is 185 Å². The Morgan fingerprint density at radius 2 is 1.97 bits per heavy atom. The van der Waals surface area contributed by atoms with Crippen LogP contribution in [0, 0.1) is 25.7 Å². The summed E-state index contributed by atoms with van der Waals surface area (Å²) in [5.41, 5.74) is 4.06. The second kappa shape index (κ2) is 8.75. The summed E-state index contributed by atoms with van der Waals surface area (Å²) >= 11 is 0. The number of piperidine rings is 3. The number of hydrogen-bond acceptors (Lipinski definition) is 4. The zero-order valence-corrected chi connectivity index (χ0v) is 18.8. The summed E-state index contributed by atoms with van der Waals surface area (Å²) in [5.74, 6) is 1.55. The number of hydrogen-bond donors (Lipinski definition) is 2. The van der Waals surface area contributed by atoms with Gasteiger partial charge in [0.2, 0.25) is 5.91 Å². The Kier molecular flexibility index (Phi) is 5.85. The van der Waals surface area contributed by atoms with Crippen LogP contribution in [0.4, 0.5) is 0 Å². The van der Waals surface area contributed by atoms with Crippen molar-refractivity contribution in [1.82, 2.24) is 25.3 Å². The Morgan fingerprint density at radius 3 is 2.81 bits per heavy atom. The van der Waals surface area contributed by atoms with Crippen LogP contribution in [0.2, 0.25) is 0 Å². The average Bonchev–Trinajstić information content (AvgIpc) is 3.08. The van der Waals surface area contributed by atoms with Gasteiger partial charge in [0.15, 0.2) is 0 Å². The van der Waals surface area contributed by atoms with Crippen LogP contribution in [0.1, 0.15) is 42.6 Å². The number of nitrogens with zero attached hydrogens (tertiary/aromatic N) is 3. The first kappa shape index (κ1) is 20.7. The number of amides is 1. The SMILES string of the molecule is Cc1nn(-c2ccccc2)c(C)c1CC(=O)NC[C@H]1[C@@H]2CNC[C@@H](C2)[C@@H]2CCCCN21. The van der Waals surface area contributed by atoms with Gasteiger partial charge in [0.1, 0.15) is 0 Å². The molecule has 4 heterocycles. The topological polar surface area (TPSA) is 62.2 Å². The highest BCUT2D eigenvalue weighted by molar-refractivity contribution is 5.79. The predicted molar refractivity (Wildman–Crippen MR) is 122 cm³/mol. The third-order valence-electron chi connectivity index (χ3n) is 7.81. The maximum atomic E-state index is 13.0. The van der Waals surface area contributed by atoms with Crippen molar-refractivity contribution in [3.63, 3.8) is 0 Å². The van der Waals surface area contributed by atoms with E-state index >= 15 is 0 Å². The van der Waals surface area contributed by atoms with Crippen LogP contribution in [0.5, 0.6) is 0 Å². The molecule has 2 bridgehead atoms. The van der Waals surface area contributed by atoms with E-state index in [0.717, 1.165) is 41.6 Å². The number of aromatic nitrogens is 2. The number of rotatable bonds is 5. The van der Waals surface area contributed by atoms with E-state index in [-0.39, 0.29) is 5.91 Å². The van der Waals surface area contributed by atoms with Gasteiger partial charge in [0.25, 0.3) is 0 Å². The van der Waals surface area contributed by atoms with E-state index in [1.54, 1.807) is 0 Å². The fraction of sp³-hybridized carbons (Fsp3) is 0.600. The monoisotopic (exact) mass is 421 g/mol. The number of fused-ring (bicyclic) bond motifs is 4. The highest BCUT2D eigenvalue weighted by Crippen LogP contribution is 2.38. The molecule has 4 atom stereocenters. The smallest absolute Gasteiger partial charge is 0.224 e. The van der Waals surface area contributed by atoms with Crippen molar-refractivity contribution >= 4 is 5.91 Å². The number of benzene rings is 1. The molecule has 3 fully saturated rings. The Morgan fingerprint density at radius 1 is 1.16 bits per heavy atom. The lowest BCUT2D eigenvalue weighted by atomic mass is 9.73. The third kappa shape index (κ3) is 4.03. The molecular weight excluding hydrogens is 386 g/mol.